The number of nitrogens with zero attached hydrogens (tertiary/aromatic N) is 1. The number of carbonyl (C=O) groups excluding carboxylic acids is 2. The number of urea groups is 1. The lowest BCUT2D eigenvalue weighted by atomic mass is 9.87. The third-order valence-corrected chi connectivity index (χ3v) is 2.32. The summed E-state index contributed by atoms with van der Waals surface area (Å²) in [5, 5.41) is 5.35. The molecular weight excluding hydrogens is 218 g/mol. The summed E-state index contributed by atoms with van der Waals surface area (Å²) in [6, 6.07) is -0.758. The first-order valence-corrected chi connectivity index (χ1v) is 5.88. The average Bonchev–Trinajstić information content (AvgIpc) is 2.14. The highest BCUT2D eigenvalue weighted by atomic mass is 16.2. The smallest absolute Gasteiger partial charge is 0.315 e. The first-order chi connectivity index (χ1) is 7.64. The van der Waals surface area contributed by atoms with Crippen molar-refractivity contribution in [3.8, 4) is 0 Å². The molecule has 0 fully saturated rings. The first kappa shape index (κ1) is 15.9. The maximum absolute atomic E-state index is 11.8. The molecule has 0 heterocycles. The average molecular weight is 243 g/mol. The molecule has 0 aromatic rings. The number of amides is 2. The Bertz CT molecular complexity index is 269. The zero-order valence-electron chi connectivity index (χ0n) is 11.8. The largest absolute Gasteiger partial charge is 0.337 e. The van der Waals surface area contributed by atoms with Gasteiger partial charge < -0.3 is 15.5 Å². The number of rotatable bonds is 5. The Morgan fingerprint density at radius 3 is 2.18 bits per heavy atom. The van der Waals surface area contributed by atoms with Gasteiger partial charge in [0.05, 0.1) is 6.04 Å². The molecule has 0 saturated heterocycles. The van der Waals surface area contributed by atoms with E-state index in [4.69, 9.17) is 0 Å². The van der Waals surface area contributed by atoms with Crippen LogP contribution in [-0.2, 0) is 4.79 Å². The molecule has 0 aliphatic carbocycles. The Kier molecular flexibility index (Phi) is 6.16. The van der Waals surface area contributed by atoms with Gasteiger partial charge in [0, 0.05) is 18.5 Å². The van der Waals surface area contributed by atoms with E-state index in [2.05, 4.69) is 10.6 Å². The van der Waals surface area contributed by atoms with Crippen molar-refractivity contribution < 1.29 is 9.59 Å². The van der Waals surface area contributed by atoms with E-state index in [0.29, 0.717) is 6.54 Å². The zero-order chi connectivity index (χ0) is 13.6. The number of likely N-dealkylation sites (N-methyl/N-ethyl adjacent to an activating group) is 1. The van der Waals surface area contributed by atoms with Crippen molar-refractivity contribution in [1.29, 1.82) is 0 Å². The second-order valence-electron chi connectivity index (χ2n) is 5.54. The van der Waals surface area contributed by atoms with Gasteiger partial charge in [-0.15, -0.1) is 0 Å². The molecule has 5 heteroatoms. The van der Waals surface area contributed by atoms with E-state index in [0.717, 1.165) is 6.54 Å². The van der Waals surface area contributed by atoms with Gasteiger partial charge in [0.15, 0.2) is 5.78 Å². The molecule has 0 aromatic heterocycles. The Balaban J connectivity index is 4.00. The summed E-state index contributed by atoms with van der Waals surface area (Å²) >= 11 is 0. The van der Waals surface area contributed by atoms with Gasteiger partial charge in [0.2, 0.25) is 0 Å². The van der Waals surface area contributed by atoms with Crippen molar-refractivity contribution in [2.75, 3.05) is 27.2 Å². The molecule has 2 amide bonds. The number of ketones is 1. The van der Waals surface area contributed by atoms with Gasteiger partial charge in [-0.2, -0.15) is 0 Å². The summed E-state index contributed by atoms with van der Waals surface area (Å²) in [6.45, 7) is 8.58. The molecule has 0 bridgehead atoms. The van der Waals surface area contributed by atoms with E-state index >= 15 is 0 Å². The van der Waals surface area contributed by atoms with Gasteiger partial charge >= 0.3 is 6.03 Å². The zero-order valence-corrected chi connectivity index (χ0v) is 11.8. The summed E-state index contributed by atoms with van der Waals surface area (Å²) in [4.78, 5) is 25.3. The Morgan fingerprint density at radius 2 is 1.76 bits per heavy atom. The molecule has 17 heavy (non-hydrogen) atoms. The fraction of sp³-hybridized carbons (Fsp3) is 0.833. The van der Waals surface area contributed by atoms with Gasteiger partial charge in [-0.25, -0.2) is 4.79 Å². The molecule has 100 valence electrons. The van der Waals surface area contributed by atoms with E-state index in [1.165, 1.54) is 0 Å². The third kappa shape index (κ3) is 6.94. The summed E-state index contributed by atoms with van der Waals surface area (Å²) in [5.74, 6) is 0.0280. The molecule has 1 atom stereocenters. The quantitative estimate of drug-likeness (QED) is 0.752. The third-order valence-electron chi connectivity index (χ3n) is 2.32. The van der Waals surface area contributed by atoms with E-state index in [1.54, 1.807) is 6.92 Å². The Morgan fingerprint density at radius 1 is 1.24 bits per heavy atom. The van der Waals surface area contributed by atoms with Crippen LogP contribution in [0, 0.1) is 5.41 Å². The van der Waals surface area contributed by atoms with Gasteiger partial charge in [-0.05, 0) is 21.0 Å². The molecular formula is C12H25N3O2. The van der Waals surface area contributed by atoms with Crippen LogP contribution >= 0.6 is 0 Å². The van der Waals surface area contributed by atoms with Crippen LogP contribution in [0.3, 0.4) is 0 Å². The van der Waals surface area contributed by atoms with Gasteiger partial charge in [-0.3, -0.25) is 4.79 Å². The van der Waals surface area contributed by atoms with Crippen molar-refractivity contribution in [3.05, 3.63) is 0 Å². The molecule has 0 aliphatic rings. The fourth-order valence-electron chi connectivity index (χ4n) is 1.36. The molecule has 2 N–H and O–H groups in total. The lowest BCUT2D eigenvalue weighted by Crippen LogP contribution is -2.48. The highest BCUT2D eigenvalue weighted by molar-refractivity contribution is 5.91. The maximum atomic E-state index is 11.8. The molecule has 0 aliphatic heterocycles. The topological polar surface area (TPSA) is 61.4 Å². The fourth-order valence-corrected chi connectivity index (χ4v) is 1.36. The van der Waals surface area contributed by atoms with Crippen molar-refractivity contribution >= 4 is 11.8 Å². The van der Waals surface area contributed by atoms with Crippen LogP contribution in [0.2, 0.25) is 0 Å². The summed E-state index contributed by atoms with van der Waals surface area (Å²) in [5.41, 5.74) is -0.434. The molecule has 0 spiro atoms. The van der Waals surface area contributed by atoms with E-state index in [-0.39, 0.29) is 11.8 Å². The molecule has 0 rings (SSSR count). The van der Waals surface area contributed by atoms with Crippen LogP contribution in [0.5, 0.6) is 0 Å². The van der Waals surface area contributed by atoms with Gasteiger partial charge in [0.25, 0.3) is 0 Å². The van der Waals surface area contributed by atoms with E-state index in [1.807, 2.05) is 39.8 Å². The predicted molar refractivity (Wildman–Crippen MR) is 69.0 cm³/mol. The van der Waals surface area contributed by atoms with Crippen molar-refractivity contribution in [3.63, 3.8) is 0 Å². The van der Waals surface area contributed by atoms with Gasteiger partial charge in [0.1, 0.15) is 0 Å². The van der Waals surface area contributed by atoms with Crippen LogP contribution in [0.4, 0.5) is 4.79 Å². The Labute approximate surface area is 104 Å². The minimum Gasteiger partial charge on any atom is -0.337 e. The predicted octanol–water partition coefficient (Wildman–Crippen LogP) is 0.851. The normalized spacial score (nSPS) is 13.4. The number of carbonyl (C=O) groups is 2. The second-order valence-corrected chi connectivity index (χ2v) is 5.54. The first-order valence-electron chi connectivity index (χ1n) is 5.88. The minimum atomic E-state index is -0.464. The monoisotopic (exact) mass is 243 g/mol. The number of hydrogen-bond donors (Lipinski definition) is 2. The van der Waals surface area contributed by atoms with Crippen LogP contribution in [0.25, 0.3) is 0 Å². The van der Waals surface area contributed by atoms with Crippen LogP contribution in [0.1, 0.15) is 27.7 Å². The highest BCUT2D eigenvalue weighted by Gasteiger charge is 2.27. The minimum absolute atomic E-state index is 0.0280. The lowest BCUT2D eigenvalue weighted by molar-refractivity contribution is -0.127. The number of hydrogen-bond acceptors (Lipinski definition) is 3. The highest BCUT2D eigenvalue weighted by Crippen LogP contribution is 2.16. The lowest BCUT2D eigenvalue weighted by Gasteiger charge is -2.22. The van der Waals surface area contributed by atoms with Crippen molar-refractivity contribution in [2.45, 2.75) is 33.7 Å². The van der Waals surface area contributed by atoms with Crippen LogP contribution in [0.15, 0.2) is 0 Å². The maximum Gasteiger partial charge on any atom is 0.315 e. The van der Waals surface area contributed by atoms with E-state index < -0.39 is 11.5 Å². The summed E-state index contributed by atoms with van der Waals surface area (Å²) in [7, 11) is 3.87. The standard InChI is InChI=1S/C12H25N3O2/c1-9(10(16)12(2,3)4)14-11(17)13-7-8-15(5)6/h9H,7-8H2,1-6H3,(H2,13,14,17). The van der Waals surface area contributed by atoms with E-state index in [9.17, 15) is 9.59 Å². The number of nitrogens with one attached hydrogen (secondary N) is 2. The SMILES string of the molecule is CC(NC(=O)NCCN(C)C)C(=O)C(C)(C)C. The summed E-state index contributed by atoms with van der Waals surface area (Å²) < 4.78 is 0. The molecule has 0 radical (unpaired) electrons. The molecule has 5 nitrogen and oxygen atoms in total. The van der Waals surface area contributed by atoms with Crippen molar-refractivity contribution in [1.82, 2.24) is 15.5 Å². The molecule has 0 saturated carbocycles. The van der Waals surface area contributed by atoms with Crippen molar-refractivity contribution in [2.24, 2.45) is 5.41 Å². The molecule has 0 aromatic carbocycles. The van der Waals surface area contributed by atoms with Gasteiger partial charge in [-0.1, -0.05) is 20.8 Å². The second kappa shape index (κ2) is 6.59. The number of Topliss-reactive ketones (excluding diaryl/α,β-unsaturated/α-hetero) is 1. The van der Waals surface area contributed by atoms with Crippen LogP contribution in [-0.4, -0.2) is 49.9 Å². The summed E-state index contributed by atoms with van der Waals surface area (Å²) in [6.07, 6.45) is 0. The molecule has 1 unspecified atom stereocenters. The Hall–Kier alpha value is -1.10. The van der Waals surface area contributed by atoms with Crippen LogP contribution < -0.4 is 10.6 Å².